The molecular formula is C15H18N4O2. The van der Waals surface area contributed by atoms with Crippen LogP contribution < -0.4 is 0 Å². The Hall–Kier alpha value is -2.24. The van der Waals surface area contributed by atoms with Crippen molar-refractivity contribution >= 4 is 5.97 Å². The molecule has 6 nitrogen and oxygen atoms in total. The fourth-order valence-electron chi connectivity index (χ4n) is 2.36. The third-order valence-electron chi connectivity index (χ3n) is 3.51. The Bertz CT molecular complexity index is 620. The summed E-state index contributed by atoms with van der Waals surface area (Å²) in [4.78, 5) is 16.2. The van der Waals surface area contributed by atoms with E-state index in [0.29, 0.717) is 24.8 Å². The van der Waals surface area contributed by atoms with Gasteiger partial charge in [0.15, 0.2) is 5.69 Å². The van der Waals surface area contributed by atoms with Gasteiger partial charge in [0, 0.05) is 30.8 Å². The highest BCUT2D eigenvalue weighted by molar-refractivity contribution is 5.88. The van der Waals surface area contributed by atoms with E-state index in [-0.39, 0.29) is 5.97 Å². The molecule has 0 amide bonds. The number of carbonyl (C=O) groups is 1. The Kier molecular flexibility index (Phi) is 3.94. The number of aryl methyl sites for hydroxylation is 2. The van der Waals surface area contributed by atoms with Crippen molar-refractivity contribution < 1.29 is 9.53 Å². The van der Waals surface area contributed by atoms with Gasteiger partial charge in [-0.3, -0.25) is 4.98 Å². The SMILES string of the molecule is CCOC(=O)c1nnn(CCc2ccccn2)c1C1CC1. The lowest BCUT2D eigenvalue weighted by atomic mass is 10.2. The van der Waals surface area contributed by atoms with E-state index in [0.717, 1.165) is 30.7 Å². The number of hydrogen-bond donors (Lipinski definition) is 0. The lowest BCUT2D eigenvalue weighted by Crippen LogP contribution is -2.11. The zero-order chi connectivity index (χ0) is 14.7. The molecule has 1 fully saturated rings. The second-order valence-electron chi connectivity index (χ2n) is 5.11. The molecule has 3 rings (SSSR count). The highest BCUT2D eigenvalue weighted by Crippen LogP contribution is 2.41. The molecule has 0 radical (unpaired) electrons. The van der Waals surface area contributed by atoms with Crippen LogP contribution in [-0.4, -0.2) is 32.6 Å². The number of pyridine rings is 1. The van der Waals surface area contributed by atoms with Gasteiger partial charge in [-0.05, 0) is 31.9 Å². The lowest BCUT2D eigenvalue weighted by molar-refractivity contribution is 0.0518. The quantitative estimate of drug-likeness (QED) is 0.759. The van der Waals surface area contributed by atoms with Crippen LogP contribution in [0.25, 0.3) is 0 Å². The molecule has 0 atom stereocenters. The average Bonchev–Trinajstić information content (AvgIpc) is 3.26. The van der Waals surface area contributed by atoms with Crippen molar-refractivity contribution in [3.63, 3.8) is 0 Å². The molecule has 0 N–H and O–H groups in total. The minimum absolute atomic E-state index is 0.351. The molecule has 1 aliphatic carbocycles. The van der Waals surface area contributed by atoms with E-state index < -0.39 is 0 Å². The molecule has 6 heteroatoms. The van der Waals surface area contributed by atoms with Crippen molar-refractivity contribution in [1.29, 1.82) is 0 Å². The van der Waals surface area contributed by atoms with Gasteiger partial charge in [0.2, 0.25) is 0 Å². The first kappa shape index (κ1) is 13.7. The predicted molar refractivity (Wildman–Crippen MR) is 75.9 cm³/mol. The summed E-state index contributed by atoms with van der Waals surface area (Å²) >= 11 is 0. The van der Waals surface area contributed by atoms with Crippen LogP contribution in [0.2, 0.25) is 0 Å². The summed E-state index contributed by atoms with van der Waals surface area (Å²) in [5.41, 5.74) is 2.30. The van der Waals surface area contributed by atoms with E-state index in [4.69, 9.17) is 4.74 Å². The van der Waals surface area contributed by atoms with Gasteiger partial charge < -0.3 is 4.74 Å². The Labute approximate surface area is 123 Å². The van der Waals surface area contributed by atoms with Crippen LogP contribution in [0.3, 0.4) is 0 Å². The smallest absolute Gasteiger partial charge is 0.360 e. The van der Waals surface area contributed by atoms with Crippen molar-refractivity contribution in [2.75, 3.05) is 6.61 Å². The van der Waals surface area contributed by atoms with Crippen molar-refractivity contribution in [3.05, 3.63) is 41.5 Å². The third kappa shape index (κ3) is 3.09. The number of esters is 1. The monoisotopic (exact) mass is 286 g/mol. The second kappa shape index (κ2) is 6.03. The number of ether oxygens (including phenoxy) is 1. The number of rotatable bonds is 6. The number of aromatic nitrogens is 4. The maximum absolute atomic E-state index is 11.9. The van der Waals surface area contributed by atoms with Gasteiger partial charge in [-0.1, -0.05) is 11.3 Å². The maximum atomic E-state index is 11.9. The van der Waals surface area contributed by atoms with Crippen LogP contribution in [0.1, 0.15) is 47.6 Å². The maximum Gasteiger partial charge on any atom is 0.360 e. The Balaban J connectivity index is 1.77. The standard InChI is InChI=1S/C15H18N4O2/c1-2-21-15(20)13-14(11-6-7-11)19(18-17-13)10-8-12-5-3-4-9-16-12/h3-5,9,11H,2,6-8,10H2,1H3. The normalized spacial score (nSPS) is 14.1. The van der Waals surface area contributed by atoms with Gasteiger partial charge in [-0.25, -0.2) is 9.48 Å². The molecule has 2 aromatic rings. The Morgan fingerprint density at radius 3 is 2.95 bits per heavy atom. The van der Waals surface area contributed by atoms with E-state index in [1.165, 1.54) is 0 Å². The number of nitrogens with zero attached hydrogens (tertiary/aromatic N) is 4. The molecule has 0 spiro atoms. The summed E-state index contributed by atoms with van der Waals surface area (Å²) in [5.74, 6) is 0.0200. The lowest BCUT2D eigenvalue weighted by Gasteiger charge is -2.06. The van der Waals surface area contributed by atoms with Crippen molar-refractivity contribution in [3.8, 4) is 0 Å². The Morgan fingerprint density at radius 2 is 2.29 bits per heavy atom. The summed E-state index contributed by atoms with van der Waals surface area (Å²) < 4.78 is 6.89. The van der Waals surface area contributed by atoms with Crippen LogP contribution in [0.15, 0.2) is 24.4 Å². The summed E-state index contributed by atoms with van der Waals surface area (Å²) in [6.07, 6.45) is 4.72. The minimum Gasteiger partial charge on any atom is -0.461 e. The molecule has 21 heavy (non-hydrogen) atoms. The van der Waals surface area contributed by atoms with E-state index in [1.807, 2.05) is 22.9 Å². The van der Waals surface area contributed by atoms with E-state index in [9.17, 15) is 4.79 Å². The molecule has 0 saturated heterocycles. The fourth-order valence-corrected chi connectivity index (χ4v) is 2.36. The first-order valence-electron chi connectivity index (χ1n) is 7.30. The molecule has 1 saturated carbocycles. The summed E-state index contributed by atoms with van der Waals surface area (Å²) in [6, 6.07) is 5.85. The van der Waals surface area contributed by atoms with Gasteiger partial charge >= 0.3 is 5.97 Å². The molecule has 0 aliphatic heterocycles. The van der Waals surface area contributed by atoms with Gasteiger partial charge in [0.05, 0.1) is 12.3 Å². The van der Waals surface area contributed by atoms with Crippen LogP contribution in [-0.2, 0) is 17.7 Å². The van der Waals surface area contributed by atoms with Crippen LogP contribution >= 0.6 is 0 Å². The topological polar surface area (TPSA) is 69.9 Å². The summed E-state index contributed by atoms with van der Waals surface area (Å²) in [7, 11) is 0. The highest BCUT2D eigenvalue weighted by Gasteiger charge is 2.34. The summed E-state index contributed by atoms with van der Waals surface area (Å²) in [5, 5.41) is 8.16. The first-order valence-corrected chi connectivity index (χ1v) is 7.30. The number of carbonyl (C=O) groups excluding carboxylic acids is 1. The second-order valence-corrected chi connectivity index (χ2v) is 5.11. The first-order chi connectivity index (χ1) is 10.3. The zero-order valence-electron chi connectivity index (χ0n) is 12.0. The summed E-state index contributed by atoms with van der Waals surface area (Å²) in [6.45, 7) is 2.82. The van der Waals surface area contributed by atoms with Gasteiger partial charge in [-0.15, -0.1) is 5.10 Å². The highest BCUT2D eigenvalue weighted by atomic mass is 16.5. The van der Waals surface area contributed by atoms with Crippen molar-refractivity contribution in [2.45, 2.75) is 38.6 Å². The number of hydrogen-bond acceptors (Lipinski definition) is 5. The average molecular weight is 286 g/mol. The zero-order valence-corrected chi connectivity index (χ0v) is 12.0. The van der Waals surface area contributed by atoms with Crippen molar-refractivity contribution in [2.24, 2.45) is 0 Å². The Morgan fingerprint density at radius 1 is 1.43 bits per heavy atom. The predicted octanol–water partition coefficient (Wildman–Crippen LogP) is 1.97. The van der Waals surface area contributed by atoms with Crippen LogP contribution in [0, 0.1) is 0 Å². The third-order valence-corrected chi connectivity index (χ3v) is 3.51. The minimum atomic E-state index is -0.372. The van der Waals surface area contributed by atoms with E-state index >= 15 is 0 Å². The largest absolute Gasteiger partial charge is 0.461 e. The molecule has 110 valence electrons. The van der Waals surface area contributed by atoms with Gasteiger partial charge in [-0.2, -0.15) is 0 Å². The fraction of sp³-hybridized carbons (Fsp3) is 0.467. The molecule has 0 unspecified atom stereocenters. The molecular weight excluding hydrogens is 268 g/mol. The molecule has 1 aliphatic rings. The molecule has 2 aromatic heterocycles. The molecule has 0 aromatic carbocycles. The van der Waals surface area contributed by atoms with E-state index in [1.54, 1.807) is 13.1 Å². The van der Waals surface area contributed by atoms with Crippen LogP contribution in [0.5, 0.6) is 0 Å². The van der Waals surface area contributed by atoms with E-state index in [2.05, 4.69) is 15.3 Å². The van der Waals surface area contributed by atoms with Gasteiger partial charge in [0.1, 0.15) is 0 Å². The van der Waals surface area contributed by atoms with Gasteiger partial charge in [0.25, 0.3) is 0 Å². The van der Waals surface area contributed by atoms with Crippen molar-refractivity contribution in [1.82, 2.24) is 20.0 Å². The van der Waals surface area contributed by atoms with Crippen LogP contribution in [0.4, 0.5) is 0 Å². The molecule has 2 heterocycles. The molecule has 0 bridgehead atoms.